The first kappa shape index (κ1) is 10.4. The molecule has 0 saturated heterocycles. The molecule has 0 radical (unpaired) electrons. The Balaban J connectivity index is 2.62. The molecule has 0 atom stereocenters. The lowest BCUT2D eigenvalue weighted by Crippen LogP contribution is -2.10. The maximum Gasteiger partial charge on any atom is 0.148 e. The second-order valence-electron chi connectivity index (χ2n) is 4.65. The van der Waals surface area contributed by atoms with E-state index in [-0.39, 0.29) is 5.41 Å². The molecule has 1 aromatic heterocycles. The summed E-state index contributed by atoms with van der Waals surface area (Å²) < 4.78 is 0. The van der Waals surface area contributed by atoms with Gasteiger partial charge in [0, 0.05) is 0 Å². The van der Waals surface area contributed by atoms with Crippen molar-refractivity contribution in [3.8, 4) is 0 Å². The van der Waals surface area contributed by atoms with Crippen LogP contribution in [0.5, 0.6) is 0 Å². The first-order valence-corrected chi connectivity index (χ1v) is 5.27. The van der Waals surface area contributed by atoms with Gasteiger partial charge in [-0.3, -0.25) is 4.98 Å². The molecule has 0 bridgehead atoms. The van der Waals surface area contributed by atoms with Crippen molar-refractivity contribution in [2.45, 2.75) is 26.2 Å². The molecule has 2 nitrogen and oxygen atoms in total. The predicted molar refractivity (Wildman–Crippen MR) is 63.2 cm³/mol. The quantitative estimate of drug-likeness (QED) is 0.678. The number of nitrogens with zero attached hydrogens (tertiary/aromatic N) is 2. The van der Waals surface area contributed by atoms with Gasteiger partial charge in [-0.2, -0.15) is 0 Å². The van der Waals surface area contributed by atoms with Gasteiger partial charge in [-0.05, 0) is 23.1 Å². The maximum absolute atomic E-state index is 5.77. The highest BCUT2D eigenvalue weighted by molar-refractivity contribution is 6.29. The maximum atomic E-state index is 5.77. The van der Waals surface area contributed by atoms with Crippen molar-refractivity contribution in [3.63, 3.8) is 0 Å². The second kappa shape index (κ2) is 3.46. The average molecular weight is 221 g/mol. The molecular formula is C12H13ClN2. The van der Waals surface area contributed by atoms with Crippen molar-refractivity contribution in [3.05, 3.63) is 35.1 Å². The van der Waals surface area contributed by atoms with E-state index in [0.29, 0.717) is 5.15 Å². The second-order valence-corrected chi connectivity index (χ2v) is 5.03. The van der Waals surface area contributed by atoms with E-state index in [9.17, 15) is 0 Å². The standard InChI is InChI=1S/C12H13ClN2/c1-12(2,3)8-4-5-9-10(6-8)14-7-11(13)15-9/h4-7H,1-3H3. The molecular weight excluding hydrogens is 208 g/mol. The van der Waals surface area contributed by atoms with E-state index in [4.69, 9.17) is 11.6 Å². The third kappa shape index (κ3) is 2.10. The highest BCUT2D eigenvalue weighted by Gasteiger charge is 2.14. The topological polar surface area (TPSA) is 25.8 Å². The minimum Gasteiger partial charge on any atom is -0.251 e. The van der Waals surface area contributed by atoms with Crippen LogP contribution in [0.3, 0.4) is 0 Å². The van der Waals surface area contributed by atoms with Crippen LogP contribution in [0.1, 0.15) is 26.3 Å². The summed E-state index contributed by atoms with van der Waals surface area (Å²) in [6.45, 7) is 6.53. The molecule has 0 aliphatic heterocycles. The Hall–Kier alpha value is -1.15. The molecule has 0 unspecified atom stereocenters. The molecule has 0 spiro atoms. The van der Waals surface area contributed by atoms with Gasteiger partial charge in [-0.25, -0.2) is 4.98 Å². The Morgan fingerprint density at radius 2 is 1.87 bits per heavy atom. The van der Waals surface area contributed by atoms with Crippen molar-refractivity contribution < 1.29 is 0 Å². The fourth-order valence-electron chi connectivity index (χ4n) is 1.45. The van der Waals surface area contributed by atoms with Gasteiger partial charge in [0.25, 0.3) is 0 Å². The summed E-state index contributed by atoms with van der Waals surface area (Å²) in [5.41, 5.74) is 3.13. The third-order valence-electron chi connectivity index (χ3n) is 2.38. The van der Waals surface area contributed by atoms with Gasteiger partial charge in [-0.15, -0.1) is 0 Å². The van der Waals surface area contributed by atoms with Crippen LogP contribution in [0.25, 0.3) is 11.0 Å². The van der Waals surface area contributed by atoms with Gasteiger partial charge < -0.3 is 0 Å². The molecule has 0 aliphatic rings. The van der Waals surface area contributed by atoms with Gasteiger partial charge >= 0.3 is 0 Å². The molecule has 15 heavy (non-hydrogen) atoms. The Kier molecular flexibility index (Phi) is 2.39. The SMILES string of the molecule is CC(C)(C)c1ccc2nc(Cl)cnc2c1. The Morgan fingerprint density at radius 3 is 2.53 bits per heavy atom. The van der Waals surface area contributed by atoms with Crippen LogP contribution in [0.4, 0.5) is 0 Å². The van der Waals surface area contributed by atoms with Crippen LogP contribution < -0.4 is 0 Å². The minimum atomic E-state index is 0.134. The summed E-state index contributed by atoms with van der Waals surface area (Å²) in [7, 11) is 0. The van der Waals surface area contributed by atoms with Crippen LogP contribution in [-0.4, -0.2) is 9.97 Å². The zero-order valence-corrected chi connectivity index (χ0v) is 9.84. The smallest absolute Gasteiger partial charge is 0.148 e. The van der Waals surface area contributed by atoms with Crippen molar-refractivity contribution in [1.29, 1.82) is 0 Å². The molecule has 0 amide bonds. The molecule has 78 valence electrons. The number of halogens is 1. The fraction of sp³-hybridized carbons (Fsp3) is 0.333. The van der Waals surface area contributed by atoms with Gasteiger partial charge in [-0.1, -0.05) is 38.4 Å². The zero-order chi connectivity index (χ0) is 11.1. The lowest BCUT2D eigenvalue weighted by atomic mass is 9.87. The summed E-state index contributed by atoms with van der Waals surface area (Å²) in [4.78, 5) is 8.46. The van der Waals surface area contributed by atoms with Gasteiger partial charge in [0.05, 0.1) is 17.2 Å². The summed E-state index contributed by atoms with van der Waals surface area (Å²) >= 11 is 5.77. The van der Waals surface area contributed by atoms with Gasteiger partial charge in [0.1, 0.15) is 5.15 Å². The van der Waals surface area contributed by atoms with E-state index in [0.717, 1.165) is 11.0 Å². The summed E-state index contributed by atoms with van der Waals surface area (Å²) in [6.07, 6.45) is 1.58. The highest BCUT2D eigenvalue weighted by atomic mass is 35.5. The number of aromatic nitrogens is 2. The number of rotatable bonds is 0. The molecule has 0 fully saturated rings. The van der Waals surface area contributed by atoms with Gasteiger partial charge in [0.15, 0.2) is 0 Å². The Labute approximate surface area is 94.3 Å². The molecule has 2 aromatic rings. The first-order valence-electron chi connectivity index (χ1n) is 4.89. The van der Waals surface area contributed by atoms with Crippen LogP contribution in [-0.2, 0) is 5.41 Å². The van der Waals surface area contributed by atoms with E-state index >= 15 is 0 Å². The Bertz CT molecular complexity index is 500. The normalized spacial score (nSPS) is 12.0. The fourth-order valence-corrected chi connectivity index (χ4v) is 1.59. The van der Waals surface area contributed by atoms with Crippen LogP contribution in [0.2, 0.25) is 5.15 Å². The first-order chi connectivity index (χ1) is 6.97. The summed E-state index contributed by atoms with van der Waals surface area (Å²) in [5, 5.41) is 0.436. The van der Waals surface area contributed by atoms with Crippen molar-refractivity contribution in [2.75, 3.05) is 0 Å². The van der Waals surface area contributed by atoms with Crippen molar-refractivity contribution >= 4 is 22.6 Å². The van der Waals surface area contributed by atoms with Crippen molar-refractivity contribution in [2.24, 2.45) is 0 Å². The molecule has 0 aliphatic carbocycles. The van der Waals surface area contributed by atoms with E-state index < -0.39 is 0 Å². The van der Waals surface area contributed by atoms with E-state index in [1.165, 1.54) is 5.56 Å². The summed E-state index contributed by atoms with van der Waals surface area (Å²) in [6, 6.07) is 6.11. The third-order valence-corrected chi connectivity index (χ3v) is 2.56. The van der Waals surface area contributed by atoms with Crippen LogP contribution in [0.15, 0.2) is 24.4 Å². The molecule has 3 heteroatoms. The largest absolute Gasteiger partial charge is 0.251 e. The van der Waals surface area contributed by atoms with Crippen LogP contribution >= 0.6 is 11.6 Å². The molecule has 1 heterocycles. The van der Waals surface area contributed by atoms with E-state index in [2.05, 4.69) is 42.9 Å². The lowest BCUT2D eigenvalue weighted by Gasteiger charge is -2.18. The average Bonchev–Trinajstić information content (AvgIpc) is 2.15. The Morgan fingerprint density at radius 1 is 1.13 bits per heavy atom. The predicted octanol–water partition coefficient (Wildman–Crippen LogP) is 3.58. The van der Waals surface area contributed by atoms with E-state index in [1.54, 1.807) is 6.20 Å². The number of fused-ring (bicyclic) bond motifs is 1. The molecule has 2 rings (SSSR count). The number of benzene rings is 1. The monoisotopic (exact) mass is 220 g/mol. The number of hydrogen-bond donors (Lipinski definition) is 0. The van der Waals surface area contributed by atoms with Gasteiger partial charge in [0.2, 0.25) is 0 Å². The number of hydrogen-bond acceptors (Lipinski definition) is 2. The van der Waals surface area contributed by atoms with Crippen LogP contribution in [0, 0.1) is 0 Å². The minimum absolute atomic E-state index is 0.134. The van der Waals surface area contributed by atoms with E-state index in [1.807, 2.05) is 6.07 Å². The summed E-state index contributed by atoms with van der Waals surface area (Å²) in [5.74, 6) is 0. The van der Waals surface area contributed by atoms with Crippen molar-refractivity contribution in [1.82, 2.24) is 9.97 Å². The highest BCUT2D eigenvalue weighted by Crippen LogP contribution is 2.24. The molecule has 1 aromatic carbocycles. The zero-order valence-electron chi connectivity index (χ0n) is 9.08. The lowest BCUT2D eigenvalue weighted by molar-refractivity contribution is 0.591. The molecule has 0 saturated carbocycles. The molecule has 0 N–H and O–H groups in total.